The van der Waals surface area contributed by atoms with Gasteiger partial charge in [0.15, 0.2) is 35.7 Å². The number of amides is 3. The Morgan fingerprint density at radius 3 is 1.75 bits per heavy atom. The molecule has 16 heteroatoms. The largest absolute Gasteiger partial charge is 0.484 e. The maximum absolute atomic E-state index is 13.3. The number of piperidine rings is 1. The van der Waals surface area contributed by atoms with Crippen molar-refractivity contribution >= 4 is 41.0 Å². The lowest BCUT2D eigenvalue weighted by molar-refractivity contribution is -0.933. The zero-order chi connectivity index (χ0) is 42.2. The second-order valence-electron chi connectivity index (χ2n) is 14.9. The lowest BCUT2D eigenvalue weighted by Gasteiger charge is -2.45. The first kappa shape index (κ1) is 43.3. The molecule has 7 N–H and O–H groups in total. The number of anilines is 2. The van der Waals surface area contributed by atoms with Gasteiger partial charge in [-0.1, -0.05) is 48.0 Å². The first-order chi connectivity index (χ1) is 29.1. The van der Waals surface area contributed by atoms with E-state index in [0.717, 1.165) is 80.6 Å². The van der Waals surface area contributed by atoms with Crippen LogP contribution in [0.2, 0.25) is 5.15 Å². The SMILES string of the molecule is Nc1nc(N)c(C(=O)NC2CCC[N+](CCCc3ccc(OCC(=O)NCc4ccccn4)cc3)(CCCc3ccc(OCC(=O)NCc4ccccn4)cc3)C2)nc1Cl. The molecule has 1 fully saturated rings. The number of quaternary nitrogens is 1. The van der Waals surface area contributed by atoms with Crippen LogP contribution in [0.1, 0.15) is 58.7 Å². The first-order valence-electron chi connectivity index (χ1n) is 20.1. The molecular formula is C44H52ClN10O5+. The molecular weight excluding hydrogens is 784 g/mol. The Labute approximate surface area is 354 Å². The molecule has 60 heavy (non-hydrogen) atoms. The molecule has 15 nitrogen and oxygen atoms in total. The fourth-order valence-corrected chi connectivity index (χ4v) is 7.47. The minimum Gasteiger partial charge on any atom is -0.484 e. The Morgan fingerprint density at radius 2 is 1.25 bits per heavy atom. The van der Waals surface area contributed by atoms with Crippen molar-refractivity contribution in [2.45, 2.75) is 57.7 Å². The van der Waals surface area contributed by atoms with Gasteiger partial charge in [-0.05, 0) is 85.3 Å². The number of nitrogen functional groups attached to an aromatic ring is 2. The number of nitrogens with one attached hydrogen (secondary N) is 3. The third-order valence-corrected chi connectivity index (χ3v) is 10.7. The molecule has 1 aliphatic heterocycles. The highest BCUT2D eigenvalue weighted by Gasteiger charge is 2.35. The Bertz CT molecular complexity index is 2050. The predicted octanol–water partition coefficient (Wildman–Crippen LogP) is 4.45. The number of hydrogen-bond donors (Lipinski definition) is 5. The summed E-state index contributed by atoms with van der Waals surface area (Å²) in [4.78, 5) is 54.5. The van der Waals surface area contributed by atoms with E-state index in [-0.39, 0.29) is 53.6 Å². The van der Waals surface area contributed by atoms with E-state index < -0.39 is 5.91 Å². The summed E-state index contributed by atoms with van der Waals surface area (Å²) in [5.74, 6) is 0.300. The summed E-state index contributed by atoms with van der Waals surface area (Å²) in [5.41, 5.74) is 15.6. The quantitative estimate of drug-likeness (QED) is 0.0692. The summed E-state index contributed by atoms with van der Waals surface area (Å²) in [6.07, 6.45) is 8.74. The molecule has 1 unspecified atom stereocenters. The van der Waals surface area contributed by atoms with Crippen molar-refractivity contribution in [3.05, 3.63) is 131 Å². The van der Waals surface area contributed by atoms with E-state index in [1.54, 1.807) is 12.4 Å². The van der Waals surface area contributed by atoms with Crippen LogP contribution in [0.5, 0.6) is 11.5 Å². The maximum Gasteiger partial charge on any atom is 0.274 e. The number of aromatic nitrogens is 4. The molecule has 0 bridgehead atoms. The number of aryl methyl sites for hydroxylation is 2. The lowest BCUT2D eigenvalue weighted by Crippen LogP contribution is -2.60. The maximum atomic E-state index is 13.3. The minimum atomic E-state index is -0.423. The van der Waals surface area contributed by atoms with Crippen molar-refractivity contribution in [3.8, 4) is 11.5 Å². The molecule has 5 aromatic rings. The lowest BCUT2D eigenvalue weighted by atomic mass is 9.99. The molecule has 2 aromatic carbocycles. The molecule has 0 saturated carbocycles. The molecule has 0 spiro atoms. The van der Waals surface area contributed by atoms with Crippen LogP contribution in [0.3, 0.4) is 0 Å². The van der Waals surface area contributed by atoms with Gasteiger partial charge in [-0.25, -0.2) is 9.97 Å². The van der Waals surface area contributed by atoms with Crippen molar-refractivity contribution in [1.82, 2.24) is 35.9 Å². The van der Waals surface area contributed by atoms with Crippen molar-refractivity contribution in [1.29, 1.82) is 0 Å². The van der Waals surface area contributed by atoms with Crippen molar-refractivity contribution in [2.24, 2.45) is 0 Å². The number of carbonyl (C=O) groups is 3. The predicted molar refractivity (Wildman–Crippen MR) is 229 cm³/mol. The van der Waals surface area contributed by atoms with Crippen molar-refractivity contribution < 1.29 is 28.3 Å². The Morgan fingerprint density at radius 1 is 0.717 bits per heavy atom. The van der Waals surface area contributed by atoms with Gasteiger partial charge in [0.2, 0.25) is 0 Å². The zero-order valence-corrected chi connectivity index (χ0v) is 34.3. The van der Waals surface area contributed by atoms with Crippen LogP contribution in [0.15, 0.2) is 97.3 Å². The van der Waals surface area contributed by atoms with E-state index in [2.05, 4.69) is 35.9 Å². The third-order valence-electron chi connectivity index (χ3n) is 10.4. The number of halogens is 1. The molecule has 1 aliphatic rings. The van der Waals surface area contributed by atoms with Crippen LogP contribution in [-0.2, 0) is 35.5 Å². The fraction of sp³-hybridized carbons (Fsp3) is 0.341. The summed E-state index contributed by atoms with van der Waals surface area (Å²) < 4.78 is 12.3. The number of rotatable bonds is 20. The van der Waals surface area contributed by atoms with Crippen LogP contribution in [0.25, 0.3) is 0 Å². The van der Waals surface area contributed by atoms with E-state index in [9.17, 15) is 14.4 Å². The highest BCUT2D eigenvalue weighted by Crippen LogP contribution is 2.25. The van der Waals surface area contributed by atoms with Crippen LogP contribution >= 0.6 is 11.6 Å². The number of pyridine rings is 2. The summed E-state index contributed by atoms with van der Waals surface area (Å²) in [6.45, 7) is 4.11. The van der Waals surface area contributed by atoms with Gasteiger partial charge >= 0.3 is 0 Å². The fourth-order valence-electron chi connectivity index (χ4n) is 7.35. The number of hydrogen-bond acceptors (Lipinski definition) is 11. The van der Waals surface area contributed by atoms with Crippen LogP contribution in [-0.4, -0.2) is 87.6 Å². The molecule has 0 radical (unpaired) electrons. The second kappa shape index (κ2) is 21.6. The monoisotopic (exact) mass is 835 g/mol. The smallest absolute Gasteiger partial charge is 0.274 e. The van der Waals surface area contributed by atoms with E-state index in [1.807, 2.05) is 84.9 Å². The average molecular weight is 836 g/mol. The Kier molecular flexibility index (Phi) is 15.6. The first-order valence-corrected chi connectivity index (χ1v) is 20.5. The van der Waals surface area contributed by atoms with E-state index in [1.165, 1.54) is 11.1 Å². The van der Waals surface area contributed by atoms with Gasteiger partial charge in [-0.2, -0.15) is 0 Å². The molecule has 1 atom stereocenters. The highest BCUT2D eigenvalue weighted by atomic mass is 35.5. The molecule has 314 valence electrons. The van der Waals surface area contributed by atoms with Crippen LogP contribution in [0, 0.1) is 0 Å². The number of carbonyl (C=O) groups excluding carboxylic acids is 3. The Balaban J connectivity index is 1.01. The highest BCUT2D eigenvalue weighted by molar-refractivity contribution is 6.31. The molecule has 0 aliphatic carbocycles. The van der Waals surface area contributed by atoms with Crippen molar-refractivity contribution in [3.63, 3.8) is 0 Å². The van der Waals surface area contributed by atoms with Gasteiger partial charge in [0.25, 0.3) is 17.7 Å². The van der Waals surface area contributed by atoms with E-state index >= 15 is 0 Å². The number of nitrogens with zero attached hydrogens (tertiary/aromatic N) is 5. The molecule has 4 heterocycles. The molecule has 3 aromatic heterocycles. The summed E-state index contributed by atoms with van der Waals surface area (Å²) in [6, 6.07) is 26.8. The van der Waals surface area contributed by atoms with Crippen LogP contribution < -0.4 is 36.9 Å². The van der Waals surface area contributed by atoms with Crippen LogP contribution in [0.4, 0.5) is 11.6 Å². The van der Waals surface area contributed by atoms with E-state index in [4.69, 9.17) is 32.5 Å². The number of likely N-dealkylation sites (tertiary alicyclic amines) is 1. The van der Waals surface area contributed by atoms with Gasteiger partial charge in [0.05, 0.1) is 56.7 Å². The summed E-state index contributed by atoms with van der Waals surface area (Å²) in [7, 11) is 0. The van der Waals surface area contributed by atoms with Gasteiger partial charge < -0.3 is 41.4 Å². The van der Waals surface area contributed by atoms with Crippen molar-refractivity contribution in [2.75, 3.05) is 50.9 Å². The molecule has 6 rings (SSSR count). The number of ether oxygens (including phenoxy) is 2. The third kappa shape index (κ3) is 13.4. The molecule has 3 amide bonds. The van der Waals surface area contributed by atoms with Gasteiger partial charge in [0, 0.05) is 25.2 Å². The minimum absolute atomic E-state index is 0.0248. The summed E-state index contributed by atoms with van der Waals surface area (Å²) >= 11 is 6.08. The van der Waals surface area contributed by atoms with Gasteiger partial charge in [-0.15, -0.1) is 0 Å². The molecule has 1 saturated heterocycles. The van der Waals surface area contributed by atoms with E-state index in [0.29, 0.717) is 24.6 Å². The Hall–Kier alpha value is -6.32. The topological polar surface area (TPSA) is 209 Å². The van der Waals surface area contributed by atoms with Gasteiger partial charge in [-0.3, -0.25) is 24.4 Å². The summed E-state index contributed by atoms with van der Waals surface area (Å²) in [5, 5.41) is 8.73. The average Bonchev–Trinajstić information content (AvgIpc) is 3.26. The number of benzene rings is 2. The normalized spacial score (nSPS) is 14.4. The zero-order valence-electron chi connectivity index (χ0n) is 33.5. The standard InChI is InChI=1S/C44H51ClN10O5/c45-41-43(47)54-42(46)40(53-41)44(58)52-35-12-7-25-55(28-35,23-5-8-31-13-17-36(18-14-31)59-29-38(56)50-26-33-10-1-3-21-48-33)24-6-9-32-15-19-37(20-16-32)60-30-39(57)51-27-34-11-2-4-22-49-34/h1-4,10-11,13-22,35H,5-9,12,23-30H2,(H6-,46,47,50,51,52,54,56,57,58)/p+1. The van der Waals surface area contributed by atoms with Gasteiger partial charge in [0.1, 0.15) is 11.5 Å². The number of nitrogens with two attached hydrogens (primary N) is 2. The second-order valence-corrected chi connectivity index (χ2v) is 15.3.